The fourth-order valence-electron chi connectivity index (χ4n) is 0.677. The Bertz CT molecular complexity index is 214. The van der Waals surface area contributed by atoms with E-state index in [1.165, 1.54) is 7.05 Å². The van der Waals surface area contributed by atoms with Gasteiger partial charge < -0.3 is 10.4 Å². The van der Waals surface area contributed by atoms with Crippen LogP contribution in [0.1, 0.15) is 6.92 Å². The summed E-state index contributed by atoms with van der Waals surface area (Å²) in [4.78, 5) is 23.3. The topological polar surface area (TPSA) is 69.6 Å². The Kier molecular flexibility index (Phi) is 4.87. The van der Waals surface area contributed by atoms with Crippen LogP contribution in [0.4, 0.5) is 4.79 Å². The summed E-state index contributed by atoms with van der Waals surface area (Å²) in [6.45, 7) is 1.80. The maximum atomic E-state index is 11.3. The molecule has 0 aromatic carbocycles. The Balaban J connectivity index is 4.60. The molecule has 0 spiro atoms. The fourth-order valence-corrected chi connectivity index (χ4v) is 1.10. The minimum Gasteiger partial charge on any atom is -0.362 e. The Hall–Kier alpha value is -0.140. The molecule has 0 aromatic heterocycles. The number of nitrogens with one attached hydrogen (secondary N) is 1. The van der Waals surface area contributed by atoms with Crippen LogP contribution in [0.5, 0.6) is 0 Å². The van der Waals surface area contributed by atoms with Gasteiger partial charge in [0.2, 0.25) is 0 Å². The van der Waals surface area contributed by atoms with Crippen LogP contribution in [-0.2, 0) is 4.79 Å². The van der Waals surface area contributed by atoms with E-state index in [9.17, 15) is 14.7 Å². The van der Waals surface area contributed by atoms with Gasteiger partial charge in [0.25, 0.3) is 9.33 Å². The number of imide groups is 1. The molecular formula is C6H10Br2N2O3. The number of rotatable bonds is 2. The molecule has 0 saturated carbocycles. The van der Waals surface area contributed by atoms with E-state index < -0.39 is 15.4 Å². The highest BCUT2D eigenvalue weighted by molar-refractivity contribution is 9.25. The van der Waals surface area contributed by atoms with Gasteiger partial charge in [-0.2, -0.15) is 0 Å². The molecule has 0 atom stereocenters. The summed E-state index contributed by atoms with van der Waals surface area (Å²) in [6, 6.07) is -0.565. The Morgan fingerprint density at radius 2 is 2.00 bits per heavy atom. The predicted octanol–water partition coefficient (Wildman–Crippen LogP) is 0.610. The monoisotopic (exact) mass is 316 g/mol. The zero-order chi connectivity index (χ0) is 10.6. The van der Waals surface area contributed by atoms with Crippen molar-refractivity contribution in [3.63, 3.8) is 0 Å². The second-order valence-corrected chi connectivity index (χ2v) is 5.51. The minimum atomic E-state index is -1.89. The van der Waals surface area contributed by atoms with Gasteiger partial charge in [-0.3, -0.25) is 9.69 Å². The average Bonchev–Trinajstić information content (AvgIpc) is 2.03. The van der Waals surface area contributed by atoms with Gasteiger partial charge in [0.05, 0.1) is 0 Å². The molecule has 0 aromatic rings. The van der Waals surface area contributed by atoms with Crippen molar-refractivity contribution in [3.05, 3.63) is 0 Å². The number of urea groups is 1. The number of hydrogen-bond acceptors (Lipinski definition) is 3. The summed E-state index contributed by atoms with van der Waals surface area (Å²) in [5.41, 5.74) is 0. The average molecular weight is 318 g/mol. The Labute approximate surface area is 92.7 Å². The molecule has 0 rings (SSSR count). The summed E-state index contributed by atoms with van der Waals surface area (Å²) < 4.78 is -1.89. The molecule has 0 aliphatic carbocycles. The summed E-state index contributed by atoms with van der Waals surface area (Å²) in [5.74, 6) is -0.769. The van der Waals surface area contributed by atoms with Crippen molar-refractivity contribution in [3.8, 4) is 0 Å². The predicted molar refractivity (Wildman–Crippen MR) is 54.6 cm³/mol. The Morgan fingerprint density at radius 1 is 1.54 bits per heavy atom. The van der Waals surface area contributed by atoms with Crippen LogP contribution in [0.2, 0.25) is 0 Å². The molecule has 76 valence electrons. The van der Waals surface area contributed by atoms with Gasteiger partial charge in [0.15, 0.2) is 0 Å². The molecule has 7 heteroatoms. The summed E-state index contributed by atoms with van der Waals surface area (Å²) in [6.07, 6.45) is 0. The quantitative estimate of drug-likeness (QED) is 0.733. The smallest absolute Gasteiger partial charge is 0.323 e. The van der Waals surface area contributed by atoms with Gasteiger partial charge in [-0.1, -0.05) is 0 Å². The fraction of sp³-hybridized carbons (Fsp3) is 0.667. The minimum absolute atomic E-state index is 0.179. The normalized spacial score (nSPS) is 10.8. The number of amides is 3. The first-order valence-corrected chi connectivity index (χ1v) is 5.07. The largest absolute Gasteiger partial charge is 0.362 e. The van der Waals surface area contributed by atoms with E-state index in [1.54, 1.807) is 6.92 Å². The molecular weight excluding hydrogens is 308 g/mol. The lowest BCUT2D eigenvalue weighted by molar-refractivity contribution is -0.133. The van der Waals surface area contributed by atoms with E-state index in [-0.39, 0.29) is 6.54 Å². The SMILES string of the molecule is CCN(C(=O)NC)C(=O)C(O)(Br)Br. The van der Waals surface area contributed by atoms with Crippen LogP contribution in [0.25, 0.3) is 0 Å². The number of alkyl halides is 2. The molecule has 0 saturated heterocycles. The molecule has 0 radical (unpaired) electrons. The second-order valence-electron chi connectivity index (χ2n) is 2.15. The van der Waals surface area contributed by atoms with Gasteiger partial charge >= 0.3 is 6.03 Å². The summed E-state index contributed by atoms with van der Waals surface area (Å²) >= 11 is 5.37. The maximum Gasteiger partial charge on any atom is 0.323 e. The number of aliphatic hydroxyl groups is 1. The number of halogens is 2. The number of carbonyl (C=O) groups excluding carboxylic acids is 2. The molecule has 0 aliphatic rings. The van der Waals surface area contributed by atoms with Crippen LogP contribution in [0.15, 0.2) is 0 Å². The number of likely N-dealkylation sites (N-methyl/N-ethyl adjacent to an activating group) is 1. The van der Waals surface area contributed by atoms with Crippen molar-refractivity contribution in [1.82, 2.24) is 10.2 Å². The number of carbonyl (C=O) groups is 2. The second kappa shape index (κ2) is 4.92. The zero-order valence-electron chi connectivity index (χ0n) is 7.17. The van der Waals surface area contributed by atoms with Crippen molar-refractivity contribution >= 4 is 43.8 Å². The van der Waals surface area contributed by atoms with Crippen LogP contribution < -0.4 is 5.32 Å². The van der Waals surface area contributed by atoms with E-state index in [0.717, 1.165) is 4.90 Å². The molecule has 0 heterocycles. The third kappa shape index (κ3) is 3.61. The van der Waals surface area contributed by atoms with Crippen LogP contribution >= 0.6 is 31.9 Å². The molecule has 3 amide bonds. The highest BCUT2D eigenvalue weighted by Crippen LogP contribution is 2.24. The van der Waals surface area contributed by atoms with Crippen LogP contribution in [-0.4, -0.2) is 39.0 Å². The van der Waals surface area contributed by atoms with Crippen molar-refractivity contribution in [2.24, 2.45) is 0 Å². The summed E-state index contributed by atoms with van der Waals surface area (Å²) in [7, 11) is 1.40. The van der Waals surface area contributed by atoms with E-state index in [2.05, 4.69) is 37.2 Å². The first-order chi connectivity index (χ1) is 5.84. The first-order valence-electron chi connectivity index (χ1n) is 3.48. The third-order valence-corrected chi connectivity index (χ3v) is 1.96. The standard InChI is InChI=1S/C6H10Br2N2O3/c1-3-10(5(12)9-2)4(11)6(7,8)13/h13H,3H2,1-2H3,(H,9,12). The van der Waals surface area contributed by atoms with Crippen molar-refractivity contribution < 1.29 is 14.7 Å². The lowest BCUT2D eigenvalue weighted by Crippen LogP contribution is -2.48. The van der Waals surface area contributed by atoms with E-state index >= 15 is 0 Å². The highest BCUT2D eigenvalue weighted by atomic mass is 79.9. The molecule has 0 fully saturated rings. The maximum absolute atomic E-state index is 11.3. The Morgan fingerprint density at radius 3 is 2.23 bits per heavy atom. The van der Waals surface area contributed by atoms with Crippen LogP contribution in [0.3, 0.4) is 0 Å². The number of nitrogens with zero attached hydrogens (tertiary/aromatic N) is 1. The highest BCUT2D eigenvalue weighted by Gasteiger charge is 2.35. The molecule has 0 bridgehead atoms. The van der Waals surface area contributed by atoms with Gasteiger partial charge in [0.1, 0.15) is 0 Å². The van der Waals surface area contributed by atoms with Crippen molar-refractivity contribution in [1.29, 1.82) is 0 Å². The van der Waals surface area contributed by atoms with Gasteiger partial charge in [0, 0.05) is 13.6 Å². The van der Waals surface area contributed by atoms with Gasteiger partial charge in [-0.15, -0.1) is 0 Å². The molecule has 0 aliphatic heterocycles. The number of hydrogen-bond donors (Lipinski definition) is 2. The van der Waals surface area contributed by atoms with Crippen molar-refractivity contribution in [2.75, 3.05) is 13.6 Å². The molecule has 2 N–H and O–H groups in total. The van der Waals surface area contributed by atoms with E-state index in [0.29, 0.717) is 0 Å². The lowest BCUT2D eigenvalue weighted by atomic mass is 10.5. The molecule has 0 unspecified atom stereocenters. The van der Waals surface area contributed by atoms with E-state index in [1.807, 2.05) is 0 Å². The van der Waals surface area contributed by atoms with E-state index in [4.69, 9.17) is 0 Å². The molecule has 13 heavy (non-hydrogen) atoms. The zero-order valence-corrected chi connectivity index (χ0v) is 10.3. The van der Waals surface area contributed by atoms with Gasteiger partial charge in [-0.25, -0.2) is 4.79 Å². The van der Waals surface area contributed by atoms with Crippen molar-refractivity contribution in [2.45, 2.75) is 10.3 Å². The third-order valence-electron chi connectivity index (χ3n) is 1.28. The molecule has 5 nitrogen and oxygen atoms in total. The first kappa shape index (κ1) is 12.9. The van der Waals surface area contributed by atoms with Crippen LogP contribution in [0, 0.1) is 0 Å². The summed E-state index contributed by atoms with van der Waals surface area (Å²) in [5, 5.41) is 11.5. The lowest BCUT2D eigenvalue weighted by Gasteiger charge is -2.22. The van der Waals surface area contributed by atoms with Gasteiger partial charge in [-0.05, 0) is 38.8 Å².